The fourth-order valence-corrected chi connectivity index (χ4v) is 3.81. The van der Waals surface area contributed by atoms with Gasteiger partial charge < -0.3 is 14.8 Å². The van der Waals surface area contributed by atoms with Gasteiger partial charge in [0.05, 0.1) is 4.47 Å². The van der Waals surface area contributed by atoms with Crippen molar-refractivity contribution in [1.82, 2.24) is 5.32 Å². The summed E-state index contributed by atoms with van der Waals surface area (Å²) >= 11 is 3.71. The molecule has 0 saturated carbocycles. The van der Waals surface area contributed by atoms with Crippen molar-refractivity contribution in [2.24, 2.45) is 0 Å². The lowest BCUT2D eigenvalue weighted by molar-refractivity contribution is 0.169. The van der Waals surface area contributed by atoms with Crippen LogP contribution in [0.5, 0.6) is 11.5 Å². The maximum absolute atomic E-state index is 5.75. The summed E-state index contributed by atoms with van der Waals surface area (Å²) in [6.07, 6.45) is 4.79. The summed E-state index contributed by atoms with van der Waals surface area (Å²) in [5.74, 6) is 1.76. The average molecular weight is 326 g/mol. The van der Waals surface area contributed by atoms with Crippen LogP contribution in [-0.4, -0.2) is 19.8 Å². The van der Waals surface area contributed by atoms with E-state index in [1.54, 1.807) is 0 Å². The fourth-order valence-electron chi connectivity index (χ4n) is 2.99. The third kappa shape index (κ3) is 2.48. The van der Waals surface area contributed by atoms with Gasteiger partial charge in [-0.05, 0) is 58.9 Å². The summed E-state index contributed by atoms with van der Waals surface area (Å²) in [6, 6.07) is 2.64. The molecule has 0 spiro atoms. The Bertz CT molecular complexity index is 470. The first kappa shape index (κ1) is 13.3. The Morgan fingerprint density at radius 2 is 2.16 bits per heavy atom. The zero-order valence-electron chi connectivity index (χ0n) is 11.3. The van der Waals surface area contributed by atoms with Crippen LogP contribution in [0.3, 0.4) is 0 Å². The number of nitrogens with one attached hydrogen (secondary N) is 1. The molecule has 1 aromatic rings. The Morgan fingerprint density at radius 3 is 2.89 bits per heavy atom. The Morgan fingerprint density at radius 1 is 1.32 bits per heavy atom. The normalized spacial score (nSPS) is 22.3. The molecule has 2 heterocycles. The number of ether oxygens (including phenoxy) is 2. The smallest absolute Gasteiger partial charge is 0.175 e. The van der Waals surface area contributed by atoms with Crippen molar-refractivity contribution in [3.8, 4) is 11.5 Å². The molecule has 1 atom stereocenters. The van der Waals surface area contributed by atoms with E-state index in [0.29, 0.717) is 19.3 Å². The van der Waals surface area contributed by atoms with Gasteiger partial charge in [0.25, 0.3) is 0 Å². The molecule has 1 N–H and O–H groups in total. The van der Waals surface area contributed by atoms with Crippen LogP contribution in [-0.2, 0) is 6.42 Å². The van der Waals surface area contributed by atoms with E-state index in [4.69, 9.17) is 9.47 Å². The molecule has 4 heteroatoms. The van der Waals surface area contributed by atoms with Crippen LogP contribution in [0.2, 0.25) is 0 Å². The molecule has 2 aliphatic rings. The Hall–Kier alpha value is -0.740. The summed E-state index contributed by atoms with van der Waals surface area (Å²) in [5, 5.41) is 3.63. The predicted octanol–water partition coefficient (Wildman–Crippen LogP) is 3.60. The first-order valence-corrected chi connectivity index (χ1v) is 7.94. The van der Waals surface area contributed by atoms with Crippen LogP contribution in [0.15, 0.2) is 10.5 Å². The summed E-state index contributed by atoms with van der Waals surface area (Å²) in [7, 11) is 0. The van der Waals surface area contributed by atoms with E-state index >= 15 is 0 Å². The lowest BCUT2D eigenvalue weighted by Gasteiger charge is -2.29. The molecular formula is C15H20BrNO2. The topological polar surface area (TPSA) is 30.5 Å². The van der Waals surface area contributed by atoms with E-state index in [1.807, 2.05) is 0 Å². The van der Waals surface area contributed by atoms with Crippen LogP contribution >= 0.6 is 15.9 Å². The second-order valence-electron chi connectivity index (χ2n) is 5.14. The lowest BCUT2D eigenvalue weighted by Crippen LogP contribution is -2.28. The number of halogens is 1. The number of benzene rings is 1. The fraction of sp³-hybridized carbons (Fsp3) is 0.600. The van der Waals surface area contributed by atoms with E-state index in [2.05, 4.69) is 34.2 Å². The third-order valence-corrected chi connectivity index (χ3v) is 4.79. The van der Waals surface area contributed by atoms with Gasteiger partial charge in [0.15, 0.2) is 11.5 Å². The van der Waals surface area contributed by atoms with Crippen molar-refractivity contribution < 1.29 is 9.47 Å². The predicted molar refractivity (Wildman–Crippen MR) is 79.1 cm³/mol. The van der Waals surface area contributed by atoms with Crippen LogP contribution < -0.4 is 14.8 Å². The minimum Gasteiger partial charge on any atom is -0.486 e. The van der Waals surface area contributed by atoms with Gasteiger partial charge in [-0.3, -0.25) is 0 Å². The maximum atomic E-state index is 5.75. The Labute approximate surface area is 122 Å². The molecule has 0 aromatic heterocycles. The van der Waals surface area contributed by atoms with Crippen molar-refractivity contribution in [3.05, 3.63) is 21.7 Å². The SMILES string of the molecule is CCc1c(C2CCCCN2)cc2c(c1Br)OCCO2. The van der Waals surface area contributed by atoms with Crippen molar-refractivity contribution in [1.29, 1.82) is 0 Å². The molecule has 104 valence electrons. The number of hydrogen-bond donors (Lipinski definition) is 1. The number of piperidine rings is 1. The molecule has 19 heavy (non-hydrogen) atoms. The number of rotatable bonds is 2. The lowest BCUT2D eigenvalue weighted by atomic mass is 9.92. The quantitative estimate of drug-likeness (QED) is 0.901. The zero-order chi connectivity index (χ0) is 13.2. The second-order valence-corrected chi connectivity index (χ2v) is 5.93. The minimum absolute atomic E-state index is 0.454. The van der Waals surface area contributed by atoms with Gasteiger partial charge in [-0.2, -0.15) is 0 Å². The molecule has 1 unspecified atom stereocenters. The molecule has 0 bridgehead atoms. The number of hydrogen-bond acceptors (Lipinski definition) is 3. The van der Waals surface area contributed by atoms with Crippen molar-refractivity contribution >= 4 is 15.9 Å². The first-order chi connectivity index (χ1) is 9.31. The largest absolute Gasteiger partial charge is 0.486 e. The highest BCUT2D eigenvalue weighted by molar-refractivity contribution is 9.10. The summed E-state index contributed by atoms with van der Waals surface area (Å²) in [5.41, 5.74) is 2.72. The van der Waals surface area contributed by atoms with Crippen molar-refractivity contribution in [3.63, 3.8) is 0 Å². The first-order valence-electron chi connectivity index (χ1n) is 7.15. The summed E-state index contributed by atoms with van der Waals surface area (Å²) < 4.78 is 12.6. The molecule has 0 radical (unpaired) electrons. The second kappa shape index (κ2) is 5.71. The third-order valence-electron chi connectivity index (χ3n) is 3.95. The van der Waals surface area contributed by atoms with E-state index in [-0.39, 0.29) is 0 Å². The highest BCUT2D eigenvalue weighted by atomic mass is 79.9. The van der Waals surface area contributed by atoms with Gasteiger partial charge in [0, 0.05) is 6.04 Å². The van der Waals surface area contributed by atoms with Crippen LogP contribution in [0.1, 0.15) is 43.4 Å². The highest BCUT2D eigenvalue weighted by Gasteiger charge is 2.25. The van der Waals surface area contributed by atoms with Crippen LogP contribution in [0, 0.1) is 0 Å². The Balaban J connectivity index is 2.04. The molecule has 3 rings (SSSR count). The molecule has 1 fully saturated rings. The van der Waals surface area contributed by atoms with E-state index in [1.165, 1.54) is 30.4 Å². The van der Waals surface area contributed by atoms with Crippen LogP contribution in [0.4, 0.5) is 0 Å². The molecule has 2 aliphatic heterocycles. The molecule has 1 saturated heterocycles. The van der Waals surface area contributed by atoms with E-state index in [0.717, 1.165) is 28.9 Å². The van der Waals surface area contributed by atoms with Gasteiger partial charge in [0.2, 0.25) is 0 Å². The van der Waals surface area contributed by atoms with Gasteiger partial charge in [-0.25, -0.2) is 0 Å². The molecular weight excluding hydrogens is 306 g/mol. The summed E-state index contributed by atoms with van der Waals surface area (Å²) in [6.45, 7) is 4.58. The molecule has 0 amide bonds. The van der Waals surface area contributed by atoms with Gasteiger partial charge in [-0.1, -0.05) is 13.3 Å². The zero-order valence-corrected chi connectivity index (χ0v) is 12.9. The standard InChI is InChI=1S/C15H20BrNO2/c1-2-10-11(12-5-3-4-6-17-12)9-13-15(14(10)16)19-8-7-18-13/h9,12,17H,2-8H2,1H3. The van der Waals surface area contributed by atoms with E-state index < -0.39 is 0 Å². The van der Waals surface area contributed by atoms with Gasteiger partial charge in [0.1, 0.15) is 13.2 Å². The molecule has 3 nitrogen and oxygen atoms in total. The maximum Gasteiger partial charge on any atom is 0.175 e. The molecule has 0 aliphatic carbocycles. The van der Waals surface area contributed by atoms with Gasteiger partial charge in [-0.15, -0.1) is 0 Å². The van der Waals surface area contributed by atoms with Crippen molar-refractivity contribution in [2.75, 3.05) is 19.8 Å². The Kier molecular flexibility index (Phi) is 3.99. The minimum atomic E-state index is 0.454. The summed E-state index contributed by atoms with van der Waals surface area (Å²) in [4.78, 5) is 0. The average Bonchev–Trinajstić information content (AvgIpc) is 2.48. The van der Waals surface area contributed by atoms with Crippen LogP contribution in [0.25, 0.3) is 0 Å². The highest BCUT2D eigenvalue weighted by Crippen LogP contribution is 2.44. The van der Waals surface area contributed by atoms with Crippen molar-refractivity contribution in [2.45, 2.75) is 38.6 Å². The molecule has 1 aromatic carbocycles. The van der Waals surface area contributed by atoms with Gasteiger partial charge >= 0.3 is 0 Å². The van der Waals surface area contributed by atoms with E-state index in [9.17, 15) is 0 Å². The number of fused-ring (bicyclic) bond motifs is 1. The monoisotopic (exact) mass is 325 g/mol.